The van der Waals surface area contributed by atoms with Crippen molar-refractivity contribution in [3.05, 3.63) is 45.8 Å². The van der Waals surface area contributed by atoms with Crippen LogP contribution in [0.5, 0.6) is 0 Å². The summed E-state index contributed by atoms with van der Waals surface area (Å²) < 4.78 is 29.7. The summed E-state index contributed by atoms with van der Waals surface area (Å²) in [7, 11) is -3.72. The van der Waals surface area contributed by atoms with Crippen molar-refractivity contribution in [1.82, 2.24) is 5.16 Å². The molecule has 0 saturated carbocycles. The van der Waals surface area contributed by atoms with Crippen LogP contribution in [-0.2, 0) is 15.6 Å². The van der Waals surface area contributed by atoms with Crippen LogP contribution in [0.15, 0.2) is 27.6 Å². The van der Waals surface area contributed by atoms with Gasteiger partial charge in [0.25, 0.3) is 0 Å². The van der Waals surface area contributed by atoms with Gasteiger partial charge in [0.1, 0.15) is 5.76 Å². The minimum absolute atomic E-state index is 0.0150. The van der Waals surface area contributed by atoms with Crippen LogP contribution in [0.3, 0.4) is 0 Å². The van der Waals surface area contributed by atoms with E-state index < -0.39 is 15.8 Å². The van der Waals surface area contributed by atoms with Crippen LogP contribution >= 0.6 is 11.6 Å². The maximum absolute atomic E-state index is 12.4. The average Bonchev–Trinajstić information content (AvgIpc) is 2.70. The molecule has 0 amide bonds. The number of carboxylic acids is 1. The van der Waals surface area contributed by atoms with Gasteiger partial charge in [-0.25, -0.2) is 13.2 Å². The molecule has 0 bridgehead atoms. The zero-order chi connectivity index (χ0) is 15.8. The van der Waals surface area contributed by atoms with Gasteiger partial charge in [0.2, 0.25) is 0 Å². The van der Waals surface area contributed by atoms with E-state index in [-0.39, 0.29) is 21.2 Å². The molecule has 2 rings (SSSR count). The summed E-state index contributed by atoms with van der Waals surface area (Å²) in [5.74, 6) is -1.17. The van der Waals surface area contributed by atoms with E-state index in [1.54, 1.807) is 13.8 Å². The fourth-order valence-electron chi connectivity index (χ4n) is 1.84. The summed E-state index contributed by atoms with van der Waals surface area (Å²) in [5.41, 5.74) is 0.710. The molecule has 6 nitrogen and oxygen atoms in total. The number of nitrogens with zero attached hydrogens (tertiary/aromatic N) is 1. The van der Waals surface area contributed by atoms with Crippen molar-refractivity contribution >= 4 is 27.4 Å². The second-order valence-electron chi connectivity index (χ2n) is 4.51. The normalized spacial score (nSPS) is 11.6. The van der Waals surface area contributed by atoms with Crippen molar-refractivity contribution in [2.24, 2.45) is 0 Å². The van der Waals surface area contributed by atoms with Crippen molar-refractivity contribution in [2.75, 3.05) is 0 Å². The third-order valence-corrected chi connectivity index (χ3v) is 5.01. The number of benzene rings is 1. The Labute approximate surface area is 126 Å². The Morgan fingerprint density at radius 2 is 2.05 bits per heavy atom. The third-order valence-electron chi connectivity index (χ3n) is 3.04. The van der Waals surface area contributed by atoms with Gasteiger partial charge in [0.15, 0.2) is 9.84 Å². The summed E-state index contributed by atoms with van der Waals surface area (Å²) >= 11 is 5.73. The topological polar surface area (TPSA) is 97.5 Å². The highest BCUT2D eigenvalue weighted by atomic mass is 35.5. The summed E-state index contributed by atoms with van der Waals surface area (Å²) in [6, 6.07) is 3.59. The van der Waals surface area contributed by atoms with Gasteiger partial charge in [-0.2, -0.15) is 0 Å². The van der Waals surface area contributed by atoms with E-state index in [9.17, 15) is 13.2 Å². The van der Waals surface area contributed by atoms with Crippen LogP contribution in [0, 0.1) is 13.8 Å². The fourth-order valence-corrected chi connectivity index (χ4v) is 3.57. The molecule has 1 heterocycles. The molecule has 0 unspecified atom stereocenters. The number of hydrogen-bond donors (Lipinski definition) is 1. The Hall–Kier alpha value is -1.86. The van der Waals surface area contributed by atoms with Crippen molar-refractivity contribution in [1.29, 1.82) is 0 Å². The Balaban J connectivity index is 2.45. The van der Waals surface area contributed by atoms with Crippen molar-refractivity contribution < 1.29 is 22.8 Å². The molecule has 0 aliphatic heterocycles. The predicted molar refractivity (Wildman–Crippen MR) is 75.3 cm³/mol. The quantitative estimate of drug-likeness (QED) is 0.926. The van der Waals surface area contributed by atoms with Gasteiger partial charge in [0, 0.05) is 5.56 Å². The zero-order valence-corrected chi connectivity index (χ0v) is 12.8. The van der Waals surface area contributed by atoms with Crippen molar-refractivity contribution in [3.8, 4) is 0 Å². The highest BCUT2D eigenvalue weighted by Crippen LogP contribution is 2.25. The number of hydrogen-bond acceptors (Lipinski definition) is 5. The maximum Gasteiger partial charge on any atom is 0.337 e. The molecule has 0 spiro atoms. The molecule has 1 aromatic carbocycles. The first kappa shape index (κ1) is 15.5. The van der Waals surface area contributed by atoms with Crippen LogP contribution in [0.1, 0.15) is 27.4 Å². The lowest BCUT2D eigenvalue weighted by molar-refractivity contribution is 0.0697. The zero-order valence-electron chi connectivity index (χ0n) is 11.3. The molecule has 0 aliphatic carbocycles. The molecule has 1 aromatic heterocycles. The third kappa shape index (κ3) is 3.08. The molecule has 0 saturated heterocycles. The lowest BCUT2D eigenvalue weighted by Crippen LogP contribution is -2.08. The van der Waals surface area contributed by atoms with E-state index in [0.29, 0.717) is 17.0 Å². The van der Waals surface area contributed by atoms with Crippen LogP contribution in [-0.4, -0.2) is 24.7 Å². The first-order valence-corrected chi connectivity index (χ1v) is 7.92. The molecule has 0 aliphatic rings. The van der Waals surface area contributed by atoms with Crippen LogP contribution in [0.25, 0.3) is 0 Å². The molecule has 21 heavy (non-hydrogen) atoms. The van der Waals surface area contributed by atoms with Crippen molar-refractivity contribution in [2.45, 2.75) is 24.5 Å². The van der Waals surface area contributed by atoms with Gasteiger partial charge in [-0.05, 0) is 32.0 Å². The number of aromatic carboxylic acids is 1. The number of rotatable bonds is 4. The second-order valence-corrected chi connectivity index (χ2v) is 6.91. The lowest BCUT2D eigenvalue weighted by atomic mass is 10.2. The van der Waals surface area contributed by atoms with E-state index >= 15 is 0 Å². The smallest absolute Gasteiger partial charge is 0.337 e. The van der Waals surface area contributed by atoms with E-state index in [1.807, 2.05) is 0 Å². The molecule has 0 radical (unpaired) electrons. The number of halogens is 1. The number of carboxylic acid groups (broad SMARTS) is 1. The van der Waals surface area contributed by atoms with Gasteiger partial charge in [-0.15, -0.1) is 0 Å². The monoisotopic (exact) mass is 329 g/mol. The molecule has 112 valence electrons. The number of aryl methyl sites for hydroxylation is 2. The highest BCUT2D eigenvalue weighted by Gasteiger charge is 2.22. The Morgan fingerprint density at radius 3 is 2.57 bits per heavy atom. The second kappa shape index (κ2) is 5.50. The van der Waals surface area contributed by atoms with E-state index in [2.05, 4.69) is 5.16 Å². The molecule has 2 aromatic rings. The lowest BCUT2D eigenvalue weighted by Gasteiger charge is -2.06. The summed E-state index contributed by atoms with van der Waals surface area (Å²) in [6.07, 6.45) is 0. The first-order chi connectivity index (χ1) is 9.72. The first-order valence-electron chi connectivity index (χ1n) is 5.89. The minimum atomic E-state index is -3.72. The van der Waals surface area contributed by atoms with Crippen LogP contribution in [0.2, 0.25) is 5.02 Å². The average molecular weight is 330 g/mol. The van der Waals surface area contributed by atoms with Crippen LogP contribution < -0.4 is 0 Å². The fraction of sp³-hybridized carbons (Fsp3) is 0.231. The van der Waals surface area contributed by atoms with E-state index in [1.165, 1.54) is 12.1 Å². The van der Waals surface area contributed by atoms with Gasteiger partial charge in [-0.1, -0.05) is 16.8 Å². The number of sulfone groups is 1. The Bertz CT molecular complexity index is 790. The Kier molecular flexibility index (Phi) is 4.06. The highest BCUT2D eigenvalue weighted by molar-refractivity contribution is 7.90. The molecular weight excluding hydrogens is 318 g/mol. The van der Waals surface area contributed by atoms with Crippen molar-refractivity contribution in [3.63, 3.8) is 0 Å². The molecule has 8 heteroatoms. The standard InChI is InChI=1S/C13H12ClNO5S/c1-7-11(8(2)20-15-7)6-21(18,19)9-3-4-12(14)10(5-9)13(16)17/h3-5H,6H2,1-2H3,(H,16,17). The maximum atomic E-state index is 12.4. The molecular formula is C13H12ClNO5S. The van der Waals surface area contributed by atoms with Crippen LogP contribution in [0.4, 0.5) is 0 Å². The van der Waals surface area contributed by atoms with Gasteiger partial charge >= 0.3 is 5.97 Å². The number of carbonyl (C=O) groups is 1. The largest absolute Gasteiger partial charge is 0.478 e. The Morgan fingerprint density at radius 1 is 1.38 bits per heavy atom. The van der Waals surface area contributed by atoms with Gasteiger partial charge < -0.3 is 9.63 Å². The van der Waals surface area contributed by atoms with Gasteiger partial charge in [0.05, 0.1) is 26.9 Å². The van der Waals surface area contributed by atoms with Gasteiger partial charge in [-0.3, -0.25) is 0 Å². The molecule has 0 atom stereocenters. The summed E-state index contributed by atoms with van der Waals surface area (Å²) in [6.45, 7) is 3.27. The summed E-state index contributed by atoms with van der Waals surface area (Å²) in [5, 5.41) is 12.7. The molecule has 0 fully saturated rings. The molecule has 1 N–H and O–H groups in total. The predicted octanol–water partition coefficient (Wildman–Crippen LogP) is 2.62. The van der Waals surface area contributed by atoms with E-state index in [4.69, 9.17) is 21.2 Å². The minimum Gasteiger partial charge on any atom is -0.478 e. The van der Waals surface area contributed by atoms with E-state index in [0.717, 1.165) is 6.07 Å². The SMILES string of the molecule is Cc1noc(C)c1CS(=O)(=O)c1ccc(Cl)c(C(=O)O)c1. The summed E-state index contributed by atoms with van der Waals surface area (Å²) in [4.78, 5) is 10.9. The number of aromatic nitrogens is 1.